The maximum absolute atomic E-state index is 11.5. The van der Waals surface area contributed by atoms with E-state index in [0.717, 1.165) is 32.5 Å². The van der Waals surface area contributed by atoms with Crippen molar-refractivity contribution >= 4 is 17.9 Å². The number of likely N-dealkylation sites (tertiary alicyclic amines) is 1. The lowest BCUT2D eigenvalue weighted by atomic mass is 10.0. The van der Waals surface area contributed by atoms with Crippen LogP contribution in [-0.2, 0) is 4.74 Å². The third-order valence-corrected chi connectivity index (χ3v) is 4.54. The minimum atomic E-state index is -0.157. The molecule has 1 N–H and O–H groups in total. The molecule has 2 heterocycles. The van der Waals surface area contributed by atoms with Crippen molar-refractivity contribution in [1.29, 1.82) is 0 Å². The summed E-state index contributed by atoms with van der Waals surface area (Å²) in [7, 11) is 0. The van der Waals surface area contributed by atoms with Crippen LogP contribution in [0.25, 0.3) is 0 Å². The van der Waals surface area contributed by atoms with E-state index in [-0.39, 0.29) is 11.0 Å². The number of carbonyl (C=O) groups is 1. The Balaban J connectivity index is 1.83. The number of hydrogen-bond donors (Lipinski definition) is 1. The number of thioether (sulfide) groups is 1. The summed E-state index contributed by atoms with van der Waals surface area (Å²) in [5, 5.41) is 3.55. The van der Waals surface area contributed by atoms with E-state index in [1.54, 1.807) is 0 Å². The van der Waals surface area contributed by atoms with Crippen LogP contribution in [0.1, 0.15) is 19.8 Å². The van der Waals surface area contributed by atoms with Crippen LogP contribution in [0.4, 0.5) is 4.79 Å². The Morgan fingerprint density at radius 1 is 1.53 bits per heavy atom. The second kappa shape index (κ2) is 4.61. The Bertz CT molecular complexity index is 232. The van der Waals surface area contributed by atoms with Crippen molar-refractivity contribution in [2.24, 2.45) is 0 Å². The molecular formula is C10H18N2O2S. The van der Waals surface area contributed by atoms with E-state index in [4.69, 9.17) is 4.74 Å². The summed E-state index contributed by atoms with van der Waals surface area (Å²) in [5.74, 6) is 1.19. The first-order valence-corrected chi connectivity index (χ1v) is 6.55. The monoisotopic (exact) mass is 230 g/mol. The highest BCUT2D eigenvalue weighted by atomic mass is 32.2. The topological polar surface area (TPSA) is 41.6 Å². The molecule has 0 atom stereocenters. The van der Waals surface area contributed by atoms with Crippen molar-refractivity contribution in [3.63, 3.8) is 0 Å². The molecule has 0 radical (unpaired) electrons. The van der Waals surface area contributed by atoms with Crippen LogP contribution in [0.2, 0.25) is 0 Å². The van der Waals surface area contributed by atoms with Gasteiger partial charge in [0.1, 0.15) is 0 Å². The van der Waals surface area contributed by atoms with Gasteiger partial charge >= 0.3 is 6.09 Å². The van der Waals surface area contributed by atoms with E-state index in [2.05, 4.69) is 5.32 Å². The van der Waals surface area contributed by atoms with Crippen LogP contribution in [0.3, 0.4) is 0 Å². The first-order chi connectivity index (χ1) is 7.26. The molecule has 4 nitrogen and oxygen atoms in total. The smallest absolute Gasteiger partial charge is 0.409 e. The van der Waals surface area contributed by atoms with Crippen LogP contribution < -0.4 is 5.32 Å². The number of rotatable bonds is 1. The first-order valence-electron chi connectivity index (χ1n) is 5.56. The fraction of sp³-hybridized carbons (Fsp3) is 0.900. The third kappa shape index (κ3) is 2.39. The average Bonchev–Trinajstić information content (AvgIpc) is 2.68. The molecule has 2 rings (SSSR count). The first kappa shape index (κ1) is 11.1. The lowest BCUT2D eigenvalue weighted by molar-refractivity contribution is 0.0932. The van der Waals surface area contributed by atoms with Gasteiger partial charge in [0, 0.05) is 25.4 Å². The van der Waals surface area contributed by atoms with Gasteiger partial charge in [-0.2, -0.15) is 0 Å². The van der Waals surface area contributed by atoms with E-state index in [0.29, 0.717) is 6.61 Å². The largest absolute Gasteiger partial charge is 0.450 e. The zero-order valence-electron chi connectivity index (χ0n) is 9.12. The maximum Gasteiger partial charge on any atom is 0.409 e. The Hall–Kier alpha value is -0.420. The molecule has 0 saturated carbocycles. The predicted octanol–water partition coefficient (Wildman–Crippen LogP) is 1.27. The number of piperidine rings is 1. The minimum Gasteiger partial charge on any atom is -0.450 e. The second-order valence-electron chi connectivity index (χ2n) is 3.96. The zero-order valence-corrected chi connectivity index (χ0v) is 9.94. The van der Waals surface area contributed by atoms with Crippen LogP contribution >= 0.6 is 11.8 Å². The van der Waals surface area contributed by atoms with Gasteiger partial charge in [-0.3, -0.25) is 0 Å². The summed E-state index contributed by atoms with van der Waals surface area (Å²) in [5.41, 5.74) is 0. The van der Waals surface area contributed by atoms with Gasteiger partial charge in [-0.1, -0.05) is 0 Å². The SMILES string of the molecule is CCOC(=O)N1CCC2(CC1)NCCS2. The van der Waals surface area contributed by atoms with Gasteiger partial charge in [0.2, 0.25) is 0 Å². The molecule has 0 bridgehead atoms. The molecule has 15 heavy (non-hydrogen) atoms. The fourth-order valence-corrected chi connectivity index (χ4v) is 3.43. The molecule has 0 aromatic carbocycles. The van der Waals surface area contributed by atoms with Gasteiger partial charge in [0.05, 0.1) is 11.5 Å². The molecule has 1 spiro atoms. The highest BCUT2D eigenvalue weighted by molar-refractivity contribution is 8.00. The summed E-state index contributed by atoms with van der Waals surface area (Å²) >= 11 is 2.00. The Kier molecular flexibility index (Phi) is 3.41. The van der Waals surface area contributed by atoms with Crippen molar-refractivity contribution < 1.29 is 9.53 Å². The normalized spacial score (nSPS) is 24.5. The van der Waals surface area contributed by atoms with Crippen molar-refractivity contribution in [2.45, 2.75) is 24.6 Å². The van der Waals surface area contributed by atoms with Crippen LogP contribution in [0.5, 0.6) is 0 Å². The second-order valence-corrected chi connectivity index (χ2v) is 5.43. The van der Waals surface area contributed by atoms with E-state index in [9.17, 15) is 4.79 Å². The van der Waals surface area contributed by atoms with Crippen LogP contribution in [0, 0.1) is 0 Å². The molecule has 5 heteroatoms. The molecule has 1 amide bonds. The lowest BCUT2D eigenvalue weighted by Gasteiger charge is -2.38. The van der Waals surface area contributed by atoms with E-state index >= 15 is 0 Å². The standard InChI is InChI=1S/C10H18N2O2S/c1-2-14-9(13)12-6-3-10(4-7-12)11-5-8-15-10/h11H,2-8H2,1H3. The summed E-state index contributed by atoms with van der Waals surface area (Å²) in [6.07, 6.45) is 1.92. The fourth-order valence-electron chi connectivity index (χ4n) is 2.16. The number of nitrogens with zero attached hydrogens (tertiary/aromatic N) is 1. The van der Waals surface area contributed by atoms with Crippen LogP contribution in [0.15, 0.2) is 0 Å². The van der Waals surface area contributed by atoms with Crippen molar-refractivity contribution in [1.82, 2.24) is 10.2 Å². The van der Waals surface area contributed by atoms with Crippen LogP contribution in [-0.4, -0.2) is 47.9 Å². The van der Waals surface area contributed by atoms with Crippen molar-refractivity contribution in [2.75, 3.05) is 32.0 Å². The number of ether oxygens (including phenoxy) is 1. The zero-order chi connectivity index (χ0) is 10.7. The van der Waals surface area contributed by atoms with Crippen molar-refractivity contribution in [3.05, 3.63) is 0 Å². The Morgan fingerprint density at radius 3 is 2.80 bits per heavy atom. The highest BCUT2D eigenvalue weighted by Gasteiger charge is 2.38. The van der Waals surface area contributed by atoms with Gasteiger partial charge in [-0.25, -0.2) is 4.79 Å². The summed E-state index contributed by atoms with van der Waals surface area (Å²) in [6, 6.07) is 0. The van der Waals surface area contributed by atoms with Gasteiger partial charge in [-0.15, -0.1) is 11.8 Å². The number of hydrogen-bond acceptors (Lipinski definition) is 4. The number of amides is 1. The predicted molar refractivity (Wildman–Crippen MR) is 61.0 cm³/mol. The average molecular weight is 230 g/mol. The molecule has 0 aliphatic carbocycles. The molecule has 0 unspecified atom stereocenters. The van der Waals surface area contributed by atoms with E-state index in [1.165, 1.54) is 5.75 Å². The molecule has 86 valence electrons. The Labute approximate surface area is 94.7 Å². The number of carbonyl (C=O) groups excluding carboxylic acids is 1. The van der Waals surface area contributed by atoms with Gasteiger partial charge in [-0.05, 0) is 19.8 Å². The summed E-state index contributed by atoms with van der Waals surface area (Å²) in [4.78, 5) is 13.5. The molecule has 2 aliphatic rings. The highest BCUT2D eigenvalue weighted by Crippen LogP contribution is 2.36. The van der Waals surface area contributed by atoms with E-state index in [1.807, 2.05) is 23.6 Å². The quantitative estimate of drug-likeness (QED) is 0.736. The molecule has 0 aromatic rings. The van der Waals surface area contributed by atoms with Gasteiger partial charge < -0.3 is 15.0 Å². The van der Waals surface area contributed by atoms with Gasteiger partial charge in [0.25, 0.3) is 0 Å². The summed E-state index contributed by atoms with van der Waals surface area (Å²) < 4.78 is 4.99. The number of nitrogens with one attached hydrogen (secondary N) is 1. The molecule has 2 fully saturated rings. The van der Waals surface area contributed by atoms with Gasteiger partial charge in [0.15, 0.2) is 0 Å². The molecule has 0 aromatic heterocycles. The minimum absolute atomic E-state index is 0.157. The third-order valence-electron chi connectivity index (χ3n) is 3.02. The molecule has 2 saturated heterocycles. The molecule has 2 aliphatic heterocycles. The molecular weight excluding hydrogens is 212 g/mol. The Morgan fingerprint density at radius 2 is 2.27 bits per heavy atom. The maximum atomic E-state index is 11.5. The van der Waals surface area contributed by atoms with E-state index < -0.39 is 0 Å². The van der Waals surface area contributed by atoms with Crippen molar-refractivity contribution in [3.8, 4) is 0 Å². The summed E-state index contributed by atoms with van der Waals surface area (Å²) in [6.45, 7) is 5.05. The lowest BCUT2D eigenvalue weighted by Crippen LogP contribution is -2.50.